The Kier molecular flexibility index (Phi) is 5.72. The SMILES string of the molecule is COC(=O)NCCNC(=O)CN. The summed E-state index contributed by atoms with van der Waals surface area (Å²) in [6, 6.07) is 0. The highest BCUT2D eigenvalue weighted by atomic mass is 16.5. The predicted molar refractivity (Wildman–Crippen MR) is 42.5 cm³/mol. The van der Waals surface area contributed by atoms with Gasteiger partial charge in [-0.25, -0.2) is 4.79 Å². The number of hydrogen-bond acceptors (Lipinski definition) is 4. The van der Waals surface area contributed by atoms with E-state index in [2.05, 4.69) is 15.4 Å². The zero-order chi connectivity index (χ0) is 9.40. The number of alkyl carbamates (subject to hydrolysis) is 1. The van der Waals surface area contributed by atoms with Crippen LogP contribution in [-0.4, -0.2) is 38.7 Å². The minimum absolute atomic E-state index is 0.0434. The Labute approximate surface area is 70.4 Å². The fraction of sp³-hybridized carbons (Fsp3) is 0.667. The van der Waals surface area contributed by atoms with Crippen LogP contribution >= 0.6 is 0 Å². The van der Waals surface area contributed by atoms with Gasteiger partial charge >= 0.3 is 6.09 Å². The van der Waals surface area contributed by atoms with Gasteiger partial charge in [-0.05, 0) is 0 Å². The molecule has 0 saturated carbocycles. The van der Waals surface area contributed by atoms with Gasteiger partial charge in [-0.2, -0.15) is 0 Å². The molecule has 0 saturated heterocycles. The Morgan fingerprint density at radius 2 is 1.92 bits per heavy atom. The summed E-state index contributed by atoms with van der Waals surface area (Å²) in [6.07, 6.45) is -0.517. The van der Waals surface area contributed by atoms with E-state index in [-0.39, 0.29) is 12.5 Å². The quantitative estimate of drug-likeness (QED) is 0.449. The number of carbonyl (C=O) groups is 2. The Morgan fingerprint density at radius 1 is 1.33 bits per heavy atom. The summed E-state index contributed by atoms with van der Waals surface area (Å²) in [7, 11) is 1.27. The third kappa shape index (κ3) is 5.48. The van der Waals surface area contributed by atoms with E-state index in [9.17, 15) is 9.59 Å². The summed E-state index contributed by atoms with van der Waals surface area (Å²) in [5.74, 6) is -0.248. The Morgan fingerprint density at radius 3 is 2.42 bits per heavy atom. The fourth-order valence-electron chi connectivity index (χ4n) is 0.511. The van der Waals surface area contributed by atoms with Crippen molar-refractivity contribution in [2.24, 2.45) is 5.73 Å². The van der Waals surface area contributed by atoms with E-state index in [0.717, 1.165) is 0 Å². The summed E-state index contributed by atoms with van der Waals surface area (Å²) >= 11 is 0. The van der Waals surface area contributed by atoms with Crippen molar-refractivity contribution in [2.45, 2.75) is 0 Å². The highest BCUT2D eigenvalue weighted by molar-refractivity contribution is 5.77. The van der Waals surface area contributed by atoms with Gasteiger partial charge in [-0.1, -0.05) is 0 Å². The van der Waals surface area contributed by atoms with Crippen LogP contribution in [0, 0.1) is 0 Å². The van der Waals surface area contributed by atoms with Crippen molar-refractivity contribution in [3.8, 4) is 0 Å². The molecule has 0 atom stereocenters. The second-order valence-corrected chi connectivity index (χ2v) is 1.97. The Hall–Kier alpha value is -1.30. The molecule has 0 fully saturated rings. The zero-order valence-corrected chi connectivity index (χ0v) is 6.92. The molecule has 70 valence electrons. The van der Waals surface area contributed by atoms with E-state index >= 15 is 0 Å². The number of amides is 2. The number of nitrogens with two attached hydrogens (primary N) is 1. The lowest BCUT2D eigenvalue weighted by Gasteiger charge is -2.04. The molecule has 0 heterocycles. The number of methoxy groups -OCH3 is 1. The average Bonchev–Trinajstić information content (AvgIpc) is 2.11. The lowest BCUT2D eigenvalue weighted by Crippen LogP contribution is -2.37. The Balaban J connectivity index is 3.21. The van der Waals surface area contributed by atoms with Gasteiger partial charge in [0.15, 0.2) is 0 Å². The molecular weight excluding hydrogens is 162 g/mol. The fourth-order valence-corrected chi connectivity index (χ4v) is 0.511. The van der Waals surface area contributed by atoms with Crippen LogP contribution in [0.5, 0.6) is 0 Å². The van der Waals surface area contributed by atoms with Crippen LogP contribution in [0.15, 0.2) is 0 Å². The van der Waals surface area contributed by atoms with Crippen molar-refractivity contribution in [2.75, 3.05) is 26.7 Å². The molecule has 4 N–H and O–H groups in total. The first kappa shape index (κ1) is 10.7. The summed E-state index contributed by atoms with van der Waals surface area (Å²) in [5, 5.41) is 4.87. The van der Waals surface area contributed by atoms with E-state index in [1.807, 2.05) is 0 Å². The van der Waals surface area contributed by atoms with Crippen LogP contribution in [0.2, 0.25) is 0 Å². The standard InChI is InChI=1S/C6H13N3O3/c1-12-6(11)9-3-2-8-5(10)4-7/h2-4,7H2,1H3,(H,8,10)(H,9,11). The first-order valence-electron chi connectivity index (χ1n) is 3.49. The van der Waals surface area contributed by atoms with Crippen LogP contribution < -0.4 is 16.4 Å². The van der Waals surface area contributed by atoms with Crippen LogP contribution in [0.1, 0.15) is 0 Å². The summed E-state index contributed by atoms with van der Waals surface area (Å²) in [4.78, 5) is 21.0. The topological polar surface area (TPSA) is 93.5 Å². The van der Waals surface area contributed by atoms with Crippen LogP contribution in [0.4, 0.5) is 4.79 Å². The third-order valence-corrected chi connectivity index (χ3v) is 1.09. The number of carbonyl (C=O) groups excluding carboxylic acids is 2. The van der Waals surface area contributed by atoms with Crippen molar-refractivity contribution < 1.29 is 14.3 Å². The molecule has 0 spiro atoms. The van der Waals surface area contributed by atoms with Gasteiger partial charge < -0.3 is 21.1 Å². The van der Waals surface area contributed by atoms with Crippen LogP contribution in [0.3, 0.4) is 0 Å². The zero-order valence-electron chi connectivity index (χ0n) is 6.92. The van der Waals surface area contributed by atoms with Gasteiger partial charge in [0.25, 0.3) is 0 Å². The molecule has 0 unspecified atom stereocenters. The number of rotatable bonds is 4. The number of nitrogens with one attached hydrogen (secondary N) is 2. The molecule has 0 rings (SSSR count). The van der Waals surface area contributed by atoms with E-state index in [4.69, 9.17) is 5.73 Å². The van der Waals surface area contributed by atoms with Crippen LogP contribution in [-0.2, 0) is 9.53 Å². The average molecular weight is 175 g/mol. The maximum Gasteiger partial charge on any atom is 0.406 e. The lowest BCUT2D eigenvalue weighted by atomic mass is 10.5. The van der Waals surface area contributed by atoms with Gasteiger partial charge in [-0.15, -0.1) is 0 Å². The smallest absolute Gasteiger partial charge is 0.406 e. The molecule has 0 aliphatic carbocycles. The molecule has 0 aromatic carbocycles. The molecule has 0 aliphatic heterocycles. The molecule has 0 aromatic heterocycles. The van der Waals surface area contributed by atoms with E-state index < -0.39 is 6.09 Å². The summed E-state index contributed by atoms with van der Waals surface area (Å²) in [5.41, 5.74) is 5.02. The molecule has 6 heteroatoms. The molecular formula is C6H13N3O3. The van der Waals surface area contributed by atoms with Crippen molar-refractivity contribution in [3.63, 3.8) is 0 Å². The van der Waals surface area contributed by atoms with Crippen LogP contribution in [0.25, 0.3) is 0 Å². The first-order valence-corrected chi connectivity index (χ1v) is 3.49. The normalized spacial score (nSPS) is 8.83. The van der Waals surface area contributed by atoms with Crippen molar-refractivity contribution >= 4 is 12.0 Å². The van der Waals surface area contributed by atoms with Gasteiger partial charge in [0, 0.05) is 13.1 Å². The van der Waals surface area contributed by atoms with E-state index in [1.54, 1.807) is 0 Å². The number of hydrogen-bond donors (Lipinski definition) is 3. The lowest BCUT2D eigenvalue weighted by molar-refractivity contribution is -0.119. The Bertz CT molecular complexity index is 142. The maximum absolute atomic E-state index is 10.5. The maximum atomic E-state index is 10.5. The largest absolute Gasteiger partial charge is 0.453 e. The molecule has 0 aliphatic rings. The third-order valence-electron chi connectivity index (χ3n) is 1.09. The van der Waals surface area contributed by atoms with E-state index in [1.165, 1.54) is 7.11 Å². The van der Waals surface area contributed by atoms with Crippen molar-refractivity contribution in [1.82, 2.24) is 10.6 Å². The molecule has 12 heavy (non-hydrogen) atoms. The predicted octanol–water partition coefficient (Wildman–Crippen LogP) is -1.58. The molecule has 0 aromatic rings. The van der Waals surface area contributed by atoms with Gasteiger partial charge in [0.1, 0.15) is 0 Å². The molecule has 6 nitrogen and oxygen atoms in total. The highest BCUT2D eigenvalue weighted by Gasteiger charge is 1.97. The van der Waals surface area contributed by atoms with Gasteiger partial charge in [0.05, 0.1) is 13.7 Å². The van der Waals surface area contributed by atoms with Gasteiger partial charge in [0.2, 0.25) is 5.91 Å². The van der Waals surface area contributed by atoms with E-state index in [0.29, 0.717) is 13.1 Å². The first-order chi connectivity index (χ1) is 5.70. The summed E-state index contributed by atoms with van der Waals surface area (Å²) < 4.78 is 4.30. The van der Waals surface area contributed by atoms with Gasteiger partial charge in [-0.3, -0.25) is 4.79 Å². The van der Waals surface area contributed by atoms with Crippen molar-refractivity contribution in [1.29, 1.82) is 0 Å². The van der Waals surface area contributed by atoms with Crippen molar-refractivity contribution in [3.05, 3.63) is 0 Å². The second-order valence-electron chi connectivity index (χ2n) is 1.97. The molecule has 0 bridgehead atoms. The molecule has 0 radical (unpaired) electrons. The minimum Gasteiger partial charge on any atom is -0.453 e. The second kappa shape index (κ2) is 6.41. The number of ether oxygens (including phenoxy) is 1. The monoisotopic (exact) mass is 175 g/mol. The minimum atomic E-state index is -0.517. The highest BCUT2D eigenvalue weighted by Crippen LogP contribution is 1.68. The molecule has 2 amide bonds. The summed E-state index contributed by atoms with van der Waals surface area (Å²) in [6.45, 7) is 0.641.